The van der Waals surface area contributed by atoms with E-state index in [2.05, 4.69) is 20.3 Å². The number of anilines is 1. The molecule has 0 aliphatic heterocycles. The van der Waals surface area contributed by atoms with Gasteiger partial charge in [0, 0.05) is 23.2 Å². The van der Waals surface area contributed by atoms with Gasteiger partial charge in [-0.3, -0.25) is 4.79 Å². The molecule has 3 aromatic rings. The van der Waals surface area contributed by atoms with E-state index in [-0.39, 0.29) is 46.8 Å². The molecule has 3 aliphatic carbocycles. The van der Waals surface area contributed by atoms with E-state index in [0.717, 1.165) is 37.9 Å². The molecule has 3 fully saturated rings. The number of hydrogen-bond donors (Lipinski definition) is 2. The molecule has 3 heterocycles. The Balaban J connectivity index is 1.57. The number of aromatic nitrogens is 3. The molecule has 2 unspecified atom stereocenters. The highest BCUT2D eigenvalue weighted by Gasteiger charge is 2.48. The highest BCUT2D eigenvalue weighted by molar-refractivity contribution is 5.94. The molecule has 3 aromatic heterocycles. The lowest BCUT2D eigenvalue weighted by atomic mass is 9.61. The lowest BCUT2D eigenvalue weighted by Gasteiger charge is -2.47. The van der Waals surface area contributed by atoms with E-state index in [9.17, 15) is 18.8 Å². The monoisotopic (exact) mass is 437 g/mol. The topological polar surface area (TPSA) is 104 Å². The van der Waals surface area contributed by atoms with Crippen molar-refractivity contribution in [2.75, 3.05) is 12.4 Å². The molecule has 7 nitrogen and oxygen atoms in total. The van der Waals surface area contributed by atoms with Crippen LogP contribution in [-0.2, 0) is 9.53 Å². The number of nitriles is 1. The second-order valence-electron chi connectivity index (χ2n) is 8.47. The number of aromatic amines is 1. The summed E-state index contributed by atoms with van der Waals surface area (Å²) >= 11 is 0. The van der Waals surface area contributed by atoms with Gasteiger partial charge >= 0.3 is 5.97 Å². The third-order valence-electron chi connectivity index (χ3n) is 6.85. The lowest BCUT2D eigenvalue weighted by molar-refractivity contribution is -0.152. The number of ether oxygens (including phenoxy) is 1. The van der Waals surface area contributed by atoms with Crippen LogP contribution >= 0.6 is 0 Å². The minimum atomic E-state index is -0.681. The van der Waals surface area contributed by atoms with Crippen LogP contribution in [0.5, 0.6) is 0 Å². The third-order valence-corrected chi connectivity index (χ3v) is 6.85. The zero-order valence-electron chi connectivity index (χ0n) is 17.4. The normalized spacial score (nSPS) is 24.3. The van der Waals surface area contributed by atoms with Crippen molar-refractivity contribution in [2.24, 2.45) is 17.8 Å². The Morgan fingerprint density at radius 1 is 1.25 bits per heavy atom. The van der Waals surface area contributed by atoms with Crippen molar-refractivity contribution in [3.05, 3.63) is 41.7 Å². The van der Waals surface area contributed by atoms with Crippen LogP contribution in [-0.4, -0.2) is 34.1 Å². The maximum Gasteiger partial charge on any atom is 0.311 e. The second-order valence-corrected chi connectivity index (χ2v) is 8.47. The molecule has 2 bridgehead atoms. The number of fused-ring (bicyclic) bond motifs is 4. The van der Waals surface area contributed by atoms with Gasteiger partial charge in [-0.05, 0) is 49.7 Å². The summed E-state index contributed by atoms with van der Waals surface area (Å²) in [4.78, 5) is 23.9. The Morgan fingerprint density at radius 3 is 2.72 bits per heavy atom. The predicted molar refractivity (Wildman–Crippen MR) is 112 cm³/mol. The van der Waals surface area contributed by atoms with Gasteiger partial charge in [0.15, 0.2) is 11.6 Å². The Hall–Kier alpha value is -3.54. The summed E-state index contributed by atoms with van der Waals surface area (Å²) in [6.07, 6.45) is 6.46. The molecule has 2 atom stereocenters. The molecule has 9 heteroatoms. The molecular weight excluding hydrogens is 416 g/mol. The van der Waals surface area contributed by atoms with Crippen molar-refractivity contribution in [1.29, 1.82) is 5.26 Å². The zero-order chi connectivity index (χ0) is 22.4. The number of carbonyl (C=O) groups is 1. The first-order valence-corrected chi connectivity index (χ1v) is 10.6. The van der Waals surface area contributed by atoms with Gasteiger partial charge < -0.3 is 15.0 Å². The minimum Gasteiger partial charge on any atom is -0.469 e. The van der Waals surface area contributed by atoms with E-state index < -0.39 is 11.6 Å². The number of rotatable bonds is 4. The summed E-state index contributed by atoms with van der Waals surface area (Å²) in [5, 5.41) is 13.2. The Bertz CT molecular complexity index is 1240. The highest BCUT2D eigenvalue weighted by Crippen LogP contribution is 2.47. The van der Waals surface area contributed by atoms with Gasteiger partial charge in [-0.25, -0.2) is 18.7 Å². The quantitative estimate of drug-likeness (QED) is 0.594. The molecule has 2 N–H and O–H groups in total. The fourth-order valence-corrected chi connectivity index (χ4v) is 5.34. The number of hydrogen-bond acceptors (Lipinski definition) is 6. The van der Waals surface area contributed by atoms with Gasteiger partial charge in [-0.1, -0.05) is 0 Å². The van der Waals surface area contributed by atoms with Crippen LogP contribution in [0, 0.1) is 40.7 Å². The van der Waals surface area contributed by atoms with E-state index >= 15 is 0 Å². The molecule has 3 saturated carbocycles. The van der Waals surface area contributed by atoms with Crippen LogP contribution in [0.4, 0.5) is 14.6 Å². The van der Waals surface area contributed by atoms with Crippen LogP contribution in [0.3, 0.4) is 0 Å². The Kier molecular flexibility index (Phi) is 5.00. The average Bonchev–Trinajstić information content (AvgIpc) is 3.23. The molecule has 0 amide bonds. The van der Waals surface area contributed by atoms with Crippen LogP contribution in [0.15, 0.2) is 24.5 Å². The zero-order valence-corrected chi connectivity index (χ0v) is 17.4. The Labute approximate surface area is 182 Å². The van der Waals surface area contributed by atoms with Gasteiger partial charge in [0.05, 0.1) is 30.5 Å². The summed E-state index contributed by atoms with van der Waals surface area (Å²) in [5.74, 6) is -1.53. The molecule has 6 rings (SSSR count). The average molecular weight is 437 g/mol. The number of carbonyl (C=O) groups excluding carboxylic acids is 1. The minimum absolute atomic E-state index is 0.0212. The van der Waals surface area contributed by atoms with Crippen molar-refractivity contribution < 1.29 is 18.3 Å². The van der Waals surface area contributed by atoms with Crippen molar-refractivity contribution in [2.45, 2.75) is 31.7 Å². The number of nitrogens with one attached hydrogen (secondary N) is 2. The van der Waals surface area contributed by atoms with Crippen LogP contribution < -0.4 is 5.32 Å². The summed E-state index contributed by atoms with van der Waals surface area (Å²) in [7, 11) is 1.37. The largest absolute Gasteiger partial charge is 0.469 e. The first-order chi connectivity index (χ1) is 15.5. The number of methoxy groups -OCH3 is 1. The first-order valence-electron chi connectivity index (χ1n) is 10.6. The molecule has 3 aliphatic rings. The Morgan fingerprint density at radius 2 is 2.00 bits per heavy atom. The van der Waals surface area contributed by atoms with E-state index in [4.69, 9.17) is 4.74 Å². The molecule has 0 aromatic carbocycles. The van der Waals surface area contributed by atoms with Crippen LogP contribution in [0.2, 0.25) is 0 Å². The lowest BCUT2D eigenvalue weighted by Crippen LogP contribution is -2.52. The standard InChI is InChI=1S/C23H21F2N5O2/c1-32-23(31)18-11-2-4-12(5-3-11)20(18)30-22-17(25)6-13(8-26)19(29-22)16-10-28-21-15(16)7-14(24)9-27-21/h6-7,9-12,18,20H,2-5H2,1H3,(H,27,28)(H,29,30). The first kappa shape index (κ1) is 20.4. The van der Waals surface area contributed by atoms with Crippen molar-refractivity contribution in [3.63, 3.8) is 0 Å². The molecule has 0 spiro atoms. The fraction of sp³-hybridized carbons (Fsp3) is 0.391. The van der Waals surface area contributed by atoms with Crippen LogP contribution in [0.1, 0.15) is 31.2 Å². The number of pyridine rings is 2. The second kappa shape index (κ2) is 7.86. The SMILES string of the molecule is COC(=O)C1C2CCC(CC2)C1Nc1nc(-c2c[nH]c3ncc(F)cc23)c(C#N)cc1F. The fourth-order valence-electron chi connectivity index (χ4n) is 5.34. The molecule has 0 saturated heterocycles. The van der Waals surface area contributed by atoms with E-state index in [1.54, 1.807) is 6.20 Å². The van der Waals surface area contributed by atoms with E-state index in [1.807, 2.05) is 6.07 Å². The van der Waals surface area contributed by atoms with Gasteiger partial charge in [-0.15, -0.1) is 0 Å². The van der Waals surface area contributed by atoms with Crippen molar-refractivity contribution in [1.82, 2.24) is 15.0 Å². The molecule has 32 heavy (non-hydrogen) atoms. The van der Waals surface area contributed by atoms with Gasteiger partial charge in [-0.2, -0.15) is 5.26 Å². The molecule has 164 valence electrons. The van der Waals surface area contributed by atoms with E-state index in [0.29, 0.717) is 16.6 Å². The number of esters is 1. The maximum absolute atomic E-state index is 15.0. The van der Waals surface area contributed by atoms with Crippen LogP contribution in [0.25, 0.3) is 22.3 Å². The van der Waals surface area contributed by atoms with Gasteiger partial charge in [0.25, 0.3) is 0 Å². The van der Waals surface area contributed by atoms with Crippen molar-refractivity contribution in [3.8, 4) is 17.3 Å². The summed E-state index contributed by atoms with van der Waals surface area (Å²) in [5.41, 5.74) is 1.11. The highest BCUT2D eigenvalue weighted by atomic mass is 19.1. The predicted octanol–water partition coefficient (Wildman–Crippen LogP) is 4.16. The van der Waals surface area contributed by atoms with Crippen molar-refractivity contribution >= 4 is 22.8 Å². The van der Waals surface area contributed by atoms with Gasteiger partial charge in [0.1, 0.15) is 17.5 Å². The molecular formula is C23H21F2N5O2. The number of halogens is 2. The smallest absolute Gasteiger partial charge is 0.311 e. The summed E-state index contributed by atoms with van der Waals surface area (Å²) in [6, 6.07) is 4.07. The van der Waals surface area contributed by atoms with Gasteiger partial charge in [0.2, 0.25) is 0 Å². The summed E-state index contributed by atoms with van der Waals surface area (Å²) in [6.45, 7) is 0. The van der Waals surface area contributed by atoms with E-state index in [1.165, 1.54) is 13.2 Å². The summed E-state index contributed by atoms with van der Waals surface area (Å²) < 4.78 is 33.8. The number of H-pyrrole nitrogens is 1. The maximum atomic E-state index is 15.0. The number of nitrogens with zero attached hydrogens (tertiary/aromatic N) is 3. The third kappa shape index (κ3) is 3.27. The molecule has 0 radical (unpaired) electrons.